The van der Waals surface area contributed by atoms with Crippen LogP contribution in [0.3, 0.4) is 0 Å². The van der Waals surface area contributed by atoms with Gasteiger partial charge in [-0.25, -0.2) is 10.2 Å². The van der Waals surface area contributed by atoms with E-state index >= 15 is 0 Å². The largest absolute Gasteiger partial charge is 0.455 e. The zero-order chi connectivity index (χ0) is 9.78. The monoisotopic (exact) mass is 183 g/mol. The quantitative estimate of drug-likeness (QED) is 0.457. The van der Waals surface area contributed by atoms with Crippen molar-refractivity contribution in [3.05, 3.63) is 0 Å². The summed E-state index contributed by atoms with van der Waals surface area (Å²) in [6, 6.07) is -1.15. The summed E-state index contributed by atoms with van der Waals surface area (Å²) in [6.07, 6.45) is -5.06. The third-order valence-corrected chi connectivity index (χ3v) is 0.636. The van der Waals surface area contributed by atoms with Crippen LogP contribution in [0.5, 0.6) is 0 Å². The number of hydrogen-bond acceptors (Lipinski definition) is 3. The Labute approximate surface area is 64.4 Å². The van der Waals surface area contributed by atoms with Gasteiger partial charge in [0.2, 0.25) is 0 Å². The highest BCUT2D eigenvalue weighted by molar-refractivity contribution is 6.30. The highest BCUT2D eigenvalue weighted by atomic mass is 19.4. The summed E-state index contributed by atoms with van der Waals surface area (Å²) >= 11 is 0. The van der Waals surface area contributed by atoms with Crippen LogP contribution in [0.25, 0.3) is 0 Å². The van der Waals surface area contributed by atoms with E-state index in [-0.39, 0.29) is 6.21 Å². The number of rotatable bonds is 2. The Hall–Kier alpha value is -1.60. The number of hydrazone groups is 1. The predicted octanol–water partition coefficient (Wildman–Crippen LogP) is -0.228. The molecule has 0 spiro atoms. The Kier molecular flexibility index (Phi) is 3.20. The van der Waals surface area contributed by atoms with Gasteiger partial charge in [0.1, 0.15) is 6.21 Å². The highest BCUT2D eigenvalue weighted by Gasteiger charge is 2.36. The van der Waals surface area contributed by atoms with E-state index in [1.54, 1.807) is 0 Å². The fraction of sp³-hybridized carbons (Fsp3) is 0.250. The number of carbonyl (C=O) groups is 2. The molecule has 0 aliphatic rings. The van der Waals surface area contributed by atoms with E-state index in [0.29, 0.717) is 0 Å². The van der Waals surface area contributed by atoms with Gasteiger partial charge >= 0.3 is 12.2 Å². The van der Waals surface area contributed by atoms with Gasteiger partial charge in [0.25, 0.3) is 5.78 Å². The van der Waals surface area contributed by atoms with Gasteiger partial charge in [-0.3, -0.25) is 4.79 Å². The molecule has 0 atom stereocenters. The summed E-state index contributed by atoms with van der Waals surface area (Å²) < 4.78 is 34.2. The van der Waals surface area contributed by atoms with Crippen LogP contribution in [0.4, 0.5) is 18.0 Å². The lowest BCUT2D eigenvalue weighted by Gasteiger charge is -1.98. The van der Waals surface area contributed by atoms with Crippen molar-refractivity contribution in [2.45, 2.75) is 6.18 Å². The molecule has 0 aromatic rings. The number of hydrogen-bond donors (Lipinski definition) is 2. The van der Waals surface area contributed by atoms with Crippen molar-refractivity contribution < 1.29 is 22.8 Å². The molecule has 0 unspecified atom stereocenters. The smallest absolute Gasteiger partial charge is 0.350 e. The molecule has 0 bridgehead atoms. The molecule has 0 aliphatic heterocycles. The number of ketones is 1. The molecule has 5 nitrogen and oxygen atoms in total. The number of alkyl halides is 3. The third kappa shape index (κ3) is 4.25. The van der Waals surface area contributed by atoms with Crippen LogP contribution in [-0.4, -0.2) is 24.2 Å². The van der Waals surface area contributed by atoms with Crippen LogP contribution in [0.15, 0.2) is 5.10 Å². The third-order valence-electron chi connectivity index (χ3n) is 0.636. The van der Waals surface area contributed by atoms with Crippen molar-refractivity contribution in [1.82, 2.24) is 5.43 Å². The number of nitrogens with one attached hydrogen (secondary N) is 1. The van der Waals surface area contributed by atoms with Crippen LogP contribution < -0.4 is 11.2 Å². The number of Topliss-reactive ketones (excluding diaryl/α,β-unsaturated/α-hetero) is 1. The summed E-state index contributed by atoms with van der Waals surface area (Å²) in [5, 5.41) is 2.62. The Morgan fingerprint density at radius 2 is 1.92 bits per heavy atom. The first kappa shape index (κ1) is 10.4. The summed E-state index contributed by atoms with van der Waals surface area (Å²) in [7, 11) is 0. The number of primary amides is 1. The first-order chi connectivity index (χ1) is 5.34. The van der Waals surface area contributed by atoms with E-state index in [2.05, 4.69) is 10.8 Å². The molecule has 8 heteroatoms. The lowest BCUT2D eigenvalue weighted by atomic mass is 10.4. The van der Waals surface area contributed by atoms with E-state index < -0.39 is 18.0 Å². The Morgan fingerprint density at radius 1 is 1.42 bits per heavy atom. The van der Waals surface area contributed by atoms with Crippen molar-refractivity contribution >= 4 is 18.0 Å². The molecular weight excluding hydrogens is 179 g/mol. The topological polar surface area (TPSA) is 84.6 Å². The van der Waals surface area contributed by atoms with Gasteiger partial charge in [-0.15, -0.1) is 0 Å². The number of nitrogens with two attached hydrogens (primary N) is 1. The molecule has 0 heterocycles. The molecule has 0 aliphatic carbocycles. The van der Waals surface area contributed by atoms with Gasteiger partial charge in [-0.2, -0.15) is 18.3 Å². The van der Waals surface area contributed by atoms with Crippen molar-refractivity contribution in [1.29, 1.82) is 0 Å². The molecule has 0 radical (unpaired) electrons. The standard InChI is InChI=1S/C4H4F3N3O2/c5-4(6,7)2(11)1-9-10-3(8)12/h1H,(H3,8,10,12). The van der Waals surface area contributed by atoms with Gasteiger partial charge < -0.3 is 5.73 Å². The van der Waals surface area contributed by atoms with Crippen LogP contribution >= 0.6 is 0 Å². The van der Waals surface area contributed by atoms with Crippen molar-refractivity contribution in [2.24, 2.45) is 10.8 Å². The minimum atomic E-state index is -4.98. The van der Waals surface area contributed by atoms with Gasteiger partial charge in [-0.1, -0.05) is 0 Å². The van der Waals surface area contributed by atoms with Crippen LogP contribution in [0.2, 0.25) is 0 Å². The molecule has 0 aromatic carbocycles. The second-order valence-electron chi connectivity index (χ2n) is 1.60. The van der Waals surface area contributed by atoms with E-state index in [1.165, 1.54) is 5.43 Å². The van der Waals surface area contributed by atoms with Gasteiger partial charge in [0, 0.05) is 0 Å². The van der Waals surface area contributed by atoms with Crippen molar-refractivity contribution in [2.75, 3.05) is 0 Å². The zero-order valence-corrected chi connectivity index (χ0v) is 5.55. The molecule has 0 saturated carbocycles. The molecule has 0 saturated heterocycles. The zero-order valence-electron chi connectivity index (χ0n) is 5.55. The number of urea groups is 1. The summed E-state index contributed by atoms with van der Waals surface area (Å²) in [4.78, 5) is 19.8. The molecule has 68 valence electrons. The van der Waals surface area contributed by atoms with E-state index in [1.807, 2.05) is 0 Å². The average molecular weight is 183 g/mol. The first-order valence-corrected chi connectivity index (χ1v) is 2.53. The predicted molar refractivity (Wildman–Crippen MR) is 32.3 cm³/mol. The SMILES string of the molecule is NC(=O)NN=CC(=O)C(F)(F)F. The van der Waals surface area contributed by atoms with Crippen LogP contribution in [-0.2, 0) is 4.79 Å². The molecule has 12 heavy (non-hydrogen) atoms. The number of nitrogens with zero attached hydrogens (tertiary/aromatic N) is 1. The van der Waals surface area contributed by atoms with E-state index in [0.717, 1.165) is 0 Å². The van der Waals surface area contributed by atoms with E-state index in [9.17, 15) is 22.8 Å². The summed E-state index contributed by atoms with van der Waals surface area (Å²) in [5.41, 5.74) is 5.87. The molecule has 2 amide bonds. The van der Waals surface area contributed by atoms with Crippen LogP contribution in [0.1, 0.15) is 0 Å². The Balaban J connectivity index is 4.02. The van der Waals surface area contributed by atoms with E-state index in [4.69, 9.17) is 0 Å². The van der Waals surface area contributed by atoms with Crippen molar-refractivity contribution in [3.8, 4) is 0 Å². The van der Waals surface area contributed by atoms with Crippen LogP contribution in [0, 0.1) is 0 Å². The number of carbonyl (C=O) groups excluding carboxylic acids is 2. The number of halogens is 3. The van der Waals surface area contributed by atoms with Crippen molar-refractivity contribution in [3.63, 3.8) is 0 Å². The normalized spacial score (nSPS) is 11.6. The Morgan fingerprint density at radius 3 is 2.25 bits per heavy atom. The fourth-order valence-electron chi connectivity index (χ4n) is 0.228. The average Bonchev–Trinajstić information content (AvgIpc) is 1.84. The maximum Gasteiger partial charge on any atom is 0.455 e. The van der Waals surface area contributed by atoms with Gasteiger partial charge in [-0.05, 0) is 0 Å². The number of amides is 2. The maximum absolute atomic E-state index is 11.4. The second kappa shape index (κ2) is 3.69. The molecule has 0 fully saturated rings. The highest BCUT2D eigenvalue weighted by Crippen LogP contribution is 2.14. The first-order valence-electron chi connectivity index (χ1n) is 2.53. The summed E-state index contributed by atoms with van der Waals surface area (Å²) in [5.74, 6) is -2.17. The molecule has 3 N–H and O–H groups in total. The fourth-order valence-corrected chi connectivity index (χ4v) is 0.228. The maximum atomic E-state index is 11.4. The minimum Gasteiger partial charge on any atom is -0.350 e. The lowest BCUT2D eigenvalue weighted by molar-refractivity contribution is -0.162. The molecular formula is C4H4F3N3O2. The summed E-state index contributed by atoms with van der Waals surface area (Å²) in [6.45, 7) is 0. The lowest BCUT2D eigenvalue weighted by Crippen LogP contribution is -2.28. The Bertz CT molecular complexity index is 222. The molecule has 0 rings (SSSR count). The second-order valence-corrected chi connectivity index (χ2v) is 1.60. The van der Waals surface area contributed by atoms with Gasteiger partial charge in [0.15, 0.2) is 0 Å². The minimum absolute atomic E-state index is 0.0786. The van der Waals surface area contributed by atoms with Gasteiger partial charge in [0.05, 0.1) is 0 Å². The molecule has 0 aromatic heterocycles.